The number of rotatable bonds is 6. The van der Waals surface area contributed by atoms with Crippen molar-refractivity contribution in [3.05, 3.63) is 218 Å². The van der Waals surface area contributed by atoms with Crippen molar-refractivity contribution in [1.29, 1.82) is 0 Å². The van der Waals surface area contributed by atoms with Gasteiger partial charge in [0.05, 0.1) is 22.4 Å². The SMILES string of the molecule is c1cc(-c2ccc3ccccc3c2)cc(-c2nc(-c3ccc4cc(-c5nc(-c6cccc(-c7ccc8ccccc8c7)c6)c6ccccc6n5)ccc4c3)c3ccccc3n2)c1. The van der Waals surface area contributed by atoms with Crippen LogP contribution in [-0.4, -0.2) is 19.9 Å². The monoisotopic (exact) mass is 788 g/mol. The van der Waals surface area contributed by atoms with Crippen molar-refractivity contribution in [1.82, 2.24) is 19.9 Å². The lowest BCUT2D eigenvalue weighted by Gasteiger charge is -2.13. The second kappa shape index (κ2) is 14.7. The number of hydrogen-bond donors (Lipinski definition) is 0. The van der Waals surface area contributed by atoms with Gasteiger partial charge in [-0.25, -0.2) is 19.9 Å². The first-order valence-electron chi connectivity index (χ1n) is 20.9. The van der Waals surface area contributed by atoms with Crippen LogP contribution in [0.5, 0.6) is 0 Å². The summed E-state index contributed by atoms with van der Waals surface area (Å²) in [6, 6.07) is 77.1. The van der Waals surface area contributed by atoms with Gasteiger partial charge in [-0.3, -0.25) is 0 Å². The van der Waals surface area contributed by atoms with E-state index in [1.165, 1.54) is 27.1 Å². The van der Waals surface area contributed by atoms with Crippen LogP contribution < -0.4 is 0 Å². The molecule has 0 radical (unpaired) electrons. The Bertz CT molecular complexity index is 3720. The molecule has 12 rings (SSSR count). The van der Waals surface area contributed by atoms with Gasteiger partial charge < -0.3 is 0 Å². The average Bonchev–Trinajstić information content (AvgIpc) is 3.35. The normalized spacial score (nSPS) is 11.5. The van der Waals surface area contributed by atoms with Crippen molar-refractivity contribution in [2.24, 2.45) is 0 Å². The lowest BCUT2D eigenvalue weighted by molar-refractivity contribution is 1.23. The first kappa shape index (κ1) is 35.6. The van der Waals surface area contributed by atoms with E-state index in [1.807, 2.05) is 12.1 Å². The second-order valence-corrected chi connectivity index (χ2v) is 15.9. The zero-order valence-corrected chi connectivity index (χ0v) is 33.6. The molecule has 288 valence electrons. The molecule has 0 atom stereocenters. The summed E-state index contributed by atoms with van der Waals surface area (Å²) in [5, 5.41) is 9.15. The molecule has 4 nitrogen and oxygen atoms in total. The third kappa shape index (κ3) is 6.42. The first-order valence-corrected chi connectivity index (χ1v) is 20.9. The lowest BCUT2D eigenvalue weighted by Crippen LogP contribution is -1.96. The molecule has 0 aliphatic rings. The molecule has 0 saturated carbocycles. The third-order valence-corrected chi connectivity index (χ3v) is 12.0. The van der Waals surface area contributed by atoms with Gasteiger partial charge in [0, 0.05) is 33.0 Å². The summed E-state index contributed by atoms with van der Waals surface area (Å²) in [6.07, 6.45) is 0. The molecule has 0 bridgehead atoms. The summed E-state index contributed by atoms with van der Waals surface area (Å²) in [7, 11) is 0. The zero-order valence-electron chi connectivity index (χ0n) is 33.6. The van der Waals surface area contributed by atoms with Crippen LogP contribution in [0.4, 0.5) is 0 Å². The fourth-order valence-corrected chi connectivity index (χ4v) is 8.81. The standard InChI is InChI=1S/C58H36N4/c1-3-13-39-31-43(25-23-37(39)11-1)41-15-9-17-47(33-41)55-51-19-5-7-21-53(51)60-58(61-55)50-30-28-45-34-48(29-27-46(45)36-50)56-52-20-6-8-22-54(52)59-57(62-56)49-18-10-16-42(35-49)44-26-24-38-12-2-4-14-40(38)32-44/h1-36H. The van der Waals surface area contributed by atoms with Crippen molar-refractivity contribution in [3.63, 3.8) is 0 Å². The predicted octanol–water partition coefficient (Wildman–Crippen LogP) is 15.0. The van der Waals surface area contributed by atoms with Crippen LogP contribution in [0.25, 0.3) is 122 Å². The maximum absolute atomic E-state index is 5.28. The average molecular weight is 789 g/mol. The maximum Gasteiger partial charge on any atom is 0.160 e. The molecule has 0 aliphatic heterocycles. The van der Waals surface area contributed by atoms with Crippen LogP contribution in [0.2, 0.25) is 0 Å². The van der Waals surface area contributed by atoms with Gasteiger partial charge >= 0.3 is 0 Å². The van der Waals surface area contributed by atoms with E-state index in [1.54, 1.807) is 0 Å². The van der Waals surface area contributed by atoms with E-state index >= 15 is 0 Å². The van der Waals surface area contributed by atoms with Crippen molar-refractivity contribution < 1.29 is 0 Å². The summed E-state index contributed by atoms with van der Waals surface area (Å²) < 4.78 is 0. The van der Waals surface area contributed by atoms with Gasteiger partial charge in [-0.15, -0.1) is 0 Å². The van der Waals surface area contributed by atoms with Gasteiger partial charge in [0.1, 0.15) is 0 Å². The summed E-state index contributed by atoms with van der Waals surface area (Å²) >= 11 is 0. The quantitative estimate of drug-likeness (QED) is 0.168. The second-order valence-electron chi connectivity index (χ2n) is 15.9. The molecule has 4 heteroatoms. The smallest absolute Gasteiger partial charge is 0.160 e. The van der Waals surface area contributed by atoms with Gasteiger partial charge in [0.2, 0.25) is 0 Å². The van der Waals surface area contributed by atoms with Gasteiger partial charge in [0.15, 0.2) is 11.6 Å². The molecular formula is C58H36N4. The third-order valence-electron chi connectivity index (χ3n) is 12.0. The van der Waals surface area contributed by atoms with Crippen molar-refractivity contribution >= 4 is 54.1 Å². The largest absolute Gasteiger partial charge is 0.228 e. The highest BCUT2D eigenvalue weighted by molar-refractivity contribution is 5.99. The van der Waals surface area contributed by atoms with E-state index in [2.05, 4.69) is 206 Å². The molecule has 10 aromatic carbocycles. The highest BCUT2D eigenvalue weighted by Gasteiger charge is 2.16. The van der Waals surface area contributed by atoms with Gasteiger partial charge in [-0.1, -0.05) is 170 Å². The Kier molecular flexibility index (Phi) is 8.46. The highest BCUT2D eigenvalue weighted by Crippen LogP contribution is 2.36. The summed E-state index contributed by atoms with van der Waals surface area (Å²) in [6.45, 7) is 0. The van der Waals surface area contributed by atoms with Crippen molar-refractivity contribution in [3.8, 4) is 67.5 Å². The molecule has 0 spiro atoms. The van der Waals surface area contributed by atoms with Crippen LogP contribution in [0.3, 0.4) is 0 Å². The van der Waals surface area contributed by atoms with Crippen LogP contribution in [0.15, 0.2) is 218 Å². The van der Waals surface area contributed by atoms with E-state index in [0.717, 1.165) is 82.9 Å². The van der Waals surface area contributed by atoms with E-state index < -0.39 is 0 Å². The van der Waals surface area contributed by atoms with E-state index in [0.29, 0.717) is 11.6 Å². The number of nitrogens with zero attached hydrogens (tertiary/aromatic N) is 4. The van der Waals surface area contributed by atoms with Crippen LogP contribution in [0.1, 0.15) is 0 Å². The minimum absolute atomic E-state index is 0.693. The molecule has 0 fully saturated rings. The van der Waals surface area contributed by atoms with Crippen LogP contribution >= 0.6 is 0 Å². The molecule has 0 saturated heterocycles. The molecule has 0 amide bonds. The minimum Gasteiger partial charge on any atom is -0.228 e. The van der Waals surface area contributed by atoms with E-state index in [4.69, 9.17) is 19.9 Å². The van der Waals surface area contributed by atoms with Crippen LogP contribution in [-0.2, 0) is 0 Å². The fraction of sp³-hybridized carbons (Fsp3) is 0. The number of aromatic nitrogens is 4. The minimum atomic E-state index is 0.693. The lowest BCUT2D eigenvalue weighted by atomic mass is 9.97. The molecule has 62 heavy (non-hydrogen) atoms. The molecular weight excluding hydrogens is 753 g/mol. The number of hydrogen-bond acceptors (Lipinski definition) is 4. The Morgan fingerprint density at radius 1 is 0.210 bits per heavy atom. The van der Waals surface area contributed by atoms with Gasteiger partial charge in [0.25, 0.3) is 0 Å². The number of fused-ring (bicyclic) bond motifs is 5. The molecule has 12 aromatic rings. The van der Waals surface area contributed by atoms with E-state index in [-0.39, 0.29) is 0 Å². The fourth-order valence-electron chi connectivity index (χ4n) is 8.81. The Labute approximate surface area is 358 Å². The van der Waals surface area contributed by atoms with E-state index in [9.17, 15) is 0 Å². The first-order chi connectivity index (χ1) is 30.7. The zero-order chi connectivity index (χ0) is 41.0. The highest BCUT2D eigenvalue weighted by atomic mass is 14.9. The molecule has 2 heterocycles. The summed E-state index contributed by atoms with van der Waals surface area (Å²) in [5.74, 6) is 1.39. The molecule has 2 aromatic heterocycles. The Balaban J connectivity index is 0.911. The van der Waals surface area contributed by atoms with Gasteiger partial charge in [-0.2, -0.15) is 0 Å². The maximum atomic E-state index is 5.28. The predicted molar refractivity (Wildman–Crippen MR) is 258 cm³/mol. The summed E-state index contributed by atoms with van der Waals surface area (Å²) in [4.78, 5) is 20.7. The number of benzene rings is 10. The van der Waals surface area contributed by atoms with Crippen molar-refractivity contribution in [2.45, 2.75) is 0 Å². The topological polar surface area (TPSA) is 51.6 Å². The molecule has 0 aliphatic carbocycles. The Morgan fingerprint density at radius 2 is 0.548 bits per heavy atom. The van der Waals surface area contributed by atoms with Gasteiger partial charge in [-0.05, 0) is 103 Å². The molecule has 0 N–H and O–H groups in total. The van der Waals surface area contributed by atoms with Crippen molar-refractivity contribution in [2.75, 3.05) is 0 Å². The summed E-state index contributed by atoms with van der Waals surface area (Å²) in [5.41, 5.74) is 12.3. The molecule has 0 unspecified atom stereocenters. The Morgan fingerprint density at radius 3 is 1.13 bits per heavy atom. The number of para-hydroxylation sites is 2. The Hall–Kier alpha value is -8.34. The van der Waals surface area contributed by atoms with Crippen LogP contribution in [0, 0.1) is 0 Å².